The van der Waals surface area contributed by atoms with Crippen LogP contribution in [0.5, 0.6) is 5.75 Å². The second kappa shape index (κ2) is 21.4. The van der Waals surface area contributed by atoms with Gasteiger partial charge in [-0.25, -0.2) is 0 Å². The molecule has 0 aromatic heterocycles. The topological polar surface area (TPSA) is 83.1 Å². The average Bonchev–Trinajstić information content (AvgIpc) is 3.16. The molecule has 62 heavy (non-hydrogen) atoms. The molecule has 0 aliphatic carbocycles. The smallest absolute Gasteiger partial charge is 0.319 e. The number of Topliss-reactive ketones (excluding diaryl/α,β-unsaturated/α-hetero) is 1. The van der Waals surface area contributed by atoms with Crippen molar-refractivity contribution in [3.05, 3.63) is 121 Å². The van der Waals surface area contributed by atoms with E-state index in [0.29, 0.717) is 17.9 Å². The summed E-state index contributed by atoms with van der Waals surface area (Å²) in [5.74, 6) is 0.289. The minimum absolute atomic E-state index is 0.0641. The van der Waals surface area contributed by atoms with Crippen molar-refractivity contribution >= 4 is 52.7 Å². The van der Waals surface area contributed by atoms with Crippen molar-refractivity contribution < 1.29 is 27.6 Å². The molecule has 1 N–H and O–H groups in total. The van der Waals surface area contributed by atoms with Gasteiger partial charge in [-0.15, -0.1) is 13.2 Å². The standard InChI is InChI=1S/C52H79NO6Si3/c1-19-27-40-33-41(35-42(34-40)57-62(52(11,12)13,43-28-23-21-24-29-43)44-30-25-22-26-31-44)53-49(55)37-48(59-61(17,18)51(8,9)10)39(4)32-38(3)47(36-45(54)46(20-2)56-14)58-60(15,16)50(5,6)7/h19-26,28-35,38,46-48H,1-2,27,36-37H2,3-18H3,(H,53,55)/b39-32+/t38-,46+,47-,48-/m0/s1. The van der Waals surface area contributed by atoms with Gasteiger partial charge in [0.1, 0.15) is 11.9 Å². The Bertz CT molecular complexity index is 1950. The summed E-state index contributed by atoms with van der Waals surface area (Å²) in [7, 11) is -6.10. The number of methoxy groups -OCH3 is 1. The van der Waals surface area contributed by atoms with Gasteiger partial charge in [0.15, 0.2) is 22.4 Å². The normalized spacial score (nSPS) is 15.3. The van der Waals surface area contributed by atoms with Crippen LogP contribution in [0.25, 0.3) is 0 Å². The van der Waals surface area contributed by atoms with Crippen molar-refractivity contribution in [3.8, 4) is 5.75 Å². The van der Waals surface area contributed by atoms with E-state index in [-0.39, 0.29) is 45.6 Å². The molecule has 0 spiro atoms. The van der Waals surface area contributed by atoms with Crippen LogP contribution in [0.15, 0.2) is 116 Å². The van der Waals surface area contributed by atoms with Crippen molar-refractivity contribution in [1.29, 1.82) is 0 Å². The monoisotopic (exact) mass is 898 g/mol. The van der Waals surface area contributed by atoms with Crippen LogP contribution in [0.4, 0.5) is 5.69 Å². The Morgan fingerprint density at radius 1 is 0.742 bits per heavy atom. The van der Waals surface area contributed by atoms with E-state index in [4.69, 9.17) is 18.0 Å². The Balaban J connectivity index is 2.09. The molecule has 340 valence electrons. The van der Waals surface area contributed by atoms with Gasteiger partial charge in [-0.05, 0) is 94.2 Å². The second-order valence-electron chi connectivity index (χ2n) is 21.0. The van der Waals surface area contributed by atoms with Crippen molar-refractivity contribution in [3.63, 3.8) is 0 Å². The first-order chi connectivity index (χ1) is 28.6. The zero-order chi connectivity index (χ0) is 46.9. The third-order valence-corrected chi connectivity index (χ3v) is 26.9. The predicted molar refractivity (Wildman–Crippen MR) is 270 cm³/mol. The number of ketones is 1. The lowest BCUT2D eigenvalue weighted by atomic mass is 9.94. The van der Waals surface area contributed by atoms with E-state index in [9.17, 15) is 9.59 Å². The Kier molecular flexibility index (Phi) is 18.1. The van der Waals surface area contributed by atoms with Gasteiger partial charge in [0.05, 0.1) is 18.6 Å². The maximum Gasteiger partial charge on any atom is 0.319 e. The highest BCUT2D eigenvalue weighted by Gasteiger charge is 2.52. The number of hydrogen-bond acceptors (Lipinski definition) is 6. The molecule has 4 atom stereocenters. The van der Waals surface area contributed by atoms with Crippen molar-refractivity contribution in [1.82, 2.24) is 0 Å². The number of anilines is 1. The fourth-order valence-corrected chi connectivity index (χ4v) is 14.4. The zero-order valence-corrected chi connectivity index (χ0v) is 44.0. The van der Waals surface area contributed by atoms with Gasteiger partial charge >= 0.3 is 8.32 Å². The van der Waals surface area contributed by atoms with Crippen molar-refractivity contribution in [2.45, 2.75) is 155 Å². The summed E-state index contributed by atoms with van der Waals surface area (Å²) in [6.07, 6.45) is 4.82. The highest BCUT2D eigenvalue weighted by molar-refractivity contribution is 7.00. The molecule has 1 amide bonds. The lowest BCUT2D eigenvalue weighted by molar-refractivity contribution is -0.128. The third-order valence-electron chi connectivity index (χ3n) is 13.0. The molecular formula is C52H79NO6Si3. The predicted octanol–water partition coefficient (Wildman–Crippen LogP) is 12.2. The first kappa shape index (κ1) is 52.7. The minimum atomic E-state index is -2.96. The molecule has 0 saturated carbocycles. The van der Waals surface area contributed by atoms with Gasteiger partial charge < -0.3 is 23.3 Å². The number of allylic oxidation sites excluding steroid dienone is 1. The molecule has 0 fully saturated rings. The van der Waals surface area contributed by atoms with E-state index in [2.05, 4.69) is 175 Å². The molecule has 0 aliphatic heterocycles. The molecule has 0 bridgehead atoms. The fraction of sp³-hybridized carbons (Fsp3) is 0.500. The van der Waals surface area contributed by atoms with Crippen molar-refractivity contribution in [2.24, 2.45) is 5.92 Å². The lowest BCUT2D eigenvalue weighted by Crippen LogP contribution is -2.68. The number of amides is 1. The number of carbonyl (C=O) groups excluding carboxylic acids is 2. The Morgan fingerprint density at radius 2 is 1.26 bits per heavy atom. The molecule has 10 heteroatoms. The lowest BCUT2D eigenvalue weighted by Gasteiger charge is -2.43. The number of rotatable bonds is 21. The van der Waals surface area contributed by atoms with Crippen LogP contribution in [-0.4, -0.2) is 62.1 Å². The van der Waals surface area contributed by atoms with E-state index >= 15 is 0 Å². The van der Waals surface area contributed by atoms with Crippen LogP contribution < -0.4 is 20.1 Å². The minimum Gasteiger partial charge on any atom is -0.534 e. The first-order valence-corrected chi connectivity index (χ1v) is 29.9. The molecular weight excluding hydrogens is 819 g/mol. The molecule has 3 rings (SSSR count). The van der Waals surface area contributed by atoms with Crippen LogP contribution in [0.1, 0.15) is 94.6 Å². The molecule has 3 aromatic carbocycles. The summed E-state index contributed by atoms with van der Waals surface area (Å²) in [5, 5.41) is 5.18. The van der Waals surface area contributed by atoms with Gasteiger partial charge in [0.25, 0.3) is 0 Å². The molecule has 7 nitrogen and oxygen atoms in total. The fourth-order valence-electron chi connectivity index (χ4n) is 7.30. The molecule has 0 unspecified atom stereocenters. The van der Waals surface area contributed by atoms with E-state index in [0.717, 1.165) is 11.1 Å². The maximum absolute atomic E-state index is 14.4. The van der Waals surface area contributed by atoms with Crippen LogP contribution in [-0.2, 0) is 29.6 Å². The summed E-state index contributed by atoms with van der Waals surface area (Å²) >= 11 is 0. The number of benzene rings is 3. The zero-order valence-electron chi connectivity index (χ0n) is 41.0. The summed E-state index contributed by atoms with van der Waals surface area (Å²) < 4.78 is 26.9. The highest BCUT2D eigenvalue weighted by atomic mass is 28.4. The summed E-state index contributed by atoms with van der Waals surface area (Å²) in [4.78, 5) is 27.9. The maximum atomic E-state index is 14.4. The van der Waals surface area contributed by atoms with Gasteiger partial charge in [-0.3, -0.25) is 9.59 Å². The first-order valence-electron chi connectivity index (χ1n) is 22.2. The van der Waals surface area contributed by atoms with E-state index in [1.165, 1.54) is 23.6 Å². The number of carbonyl (C=O) groups is 2. The van der Waals surface area contributed by atoms with E-state index < -0.39 is 43.3 Å². The number of hydrogen-bond donors (Lipinski definition) is 1. The molecule has 0 heterocycles. The van der Waals surface area contributed by atoms with E-state index in [1.54, 1.807) is 0 Å². The van der Waals surface area contributed by atoms with Gasteiger partial charge in [0.2, 0.25) is 5.91 Å². The second-order valence-corrected chi connectivity index (χ2v) is 34.7. The SMILES string of the molecule is C=CCc1cc(NC(=O)C[C@H](O[Si](C)(C)C(C)(C)C)/C(C)=C/[C@H](C)[C@H](CC(=O)[C@@H](C=C)OC)O[Si](C)(C)C(C)(C)C)cc(O[Si](c2ccccc2)(c2ccccc2)C(C)(C)C)c1. The summed E-state index contributed by atoms with van der Waals surface area (Å²) in [6.45, 7) is 40.8. The van der Waals surface area contributed by atoms with E-state index in [1.807, 2.05) is 37.3 Å². The van der Waals surface area contributed by atoms with Gasteiger partial charge in [0, 0.05) is 25.3 Å². The molecule has 0 aliphatic rings. The van der Waals surface area contributed by atoms with Crippen LogP contribution in [0, 0.1) is 5.92 Å². The van der Waals surface area contributed by atoms with Crippen LogP contribution >= 0.6 is 0 Å². The van der Waals surface area contributed by atoms with Crippen molar-refractivity contribution in [2.75, 3.05) is 12.4 Å². The van der Waals surface area contributed by atoms with Gasteiger partial charge in [-0.1, -0.05) is 148 Å². The number of nitrogens with one attached hydrogen (secondary N) is 1. The van der Waals surface area contributed by atoms with Crippen LogP contribution in [0.3, 0.4) is 0 Å². The summed E-state index contributed by atoms with van der Waals surface area (Å²) in [5.41, 5.74) is 2.57. The molecule has 3 aromatic rings. The highest BCUT2D eigenvalue weighted by Crippen LogP contribution is 2.42. The molecule has 0 radical (unpaired) electrons. The molecule has 0 saturated heterocycles. The third kappa shape index (κ3) is 13.4. The average molecular weight is 898 g/mol. The Hall–Kier alpha value is -3.65. The quantitative estimate of drug-likeness (QED) is 0.0847. The van der Waals surface area contributed by atoms with Crippen LogP contribution in [0.2, 0.25) is 41.3 Å². The Labute approximate surface area is 379 Å². The Morgan fingerprint density at radius 3 is 1.71 bits per heavy atom. The largest absolute Gasteiger partial charge is 0.534 e. The van der Waals surface area contributed by atoms with Gasteiger partial charge in [-0.2, -0.15) is 0 Å². The summed E-state index contributed by atoms with van der Waals surface area (Å²) in [6, 6.07) is 27.1. The number of ether oxygens (including phenoxy) is 1.